The molecule has 1 atom stereocenters. The molecule has 18 heavy (non-hydrogen) atoms. The van der Waals surface area contributed by atoms with Crippen LogP contribution in [0.15, 0.2) is 0 Å². The molecule has 1 aliphatic rings. The number of carboxylic acid groups (broad SMARTS) is 1. The lowest BCUT2D eigenvalue weighted by Gasteiger charge is -2.33. The first-order chi connectivity index (χ1) is 8.41. The predicted molar refractivity (Wildman–Crippen MR) is 69.4 cm³/mol. The highest BCUT2D eigenvalue weighted by Crippen LogP contribution is 2.26. The molecule has 0 saturated heterocycles. The SMILES string of the molecule is CC1CCC(N(C)C(=O)NCC(C)C(=O)O)CC1. The molecule has 0 aliphatic heterocycles. The molecule has 0 radical (unpaired) electrons. The Kier molecular flexibility index (Phi) is 5.44. The lowest BCUT2D eigenvalue weighted by Crippen LogP contribution is -2.46. The van der Waals surface area contributed by atoms with Gasteiger partial charge in [-0.2, -0.15) is 0 Å². The van der Waals surface area contributed by atoms with Gasteiger partial charge in [0.25, 0.3) is 0 Å². The molecule has 0 aromatic heterocycles. The number of nitrogens with zero attached hydrogens (tertiary/aromatic N) is 1. The van der Waals surface area contributed by atoms with Gasteiger partial charge in [-0.15, -0.1) is 0 Å². The van der Waals surface area contributed by atoms with E-state index in [0.29, 0.717) is 6.04 Å². The van der Waals surface area contributed by atoms with Crippen molar-refractivity contribution in [2.75, 3.05) is 13.6 Å². The molecule has 2 amide bonds. The highest BCUT2D eigenvalue weighted by Gasteiger charge is 2.25. The number of urea groups is 1. The first kappa shape index (κ1) is 14.8. The molecule has 1 aliphatic carbocycles. The highest BCUT2D eigenvalue weighted by molar-refractivity contribution is 5.75. The van der Waals surface area contributed by atoms with E-state index in [2.05, 4.69) is 12.2 Å². The highest BCUT2D eigenvalue weighted by atomic mass is 16.4. The van der Waals surface area contributed by atoms with E-state index in [4.69, 9.17) is 5.11 Å². The van der Waals surface area contributed by atoms with Crippen molar-refractivity contribution in [1.82, 2.24) is 10.2 Å². The van der Waals surface area contributed by atoms with Crippen LogP contribution in [0, 0.1) is 11.8 Å². The Morgan fingerprint density at radius 1 is 1.33 bits per heavy atom. The number of rotatable bonds is 4. The van der Waals surface area contributed by atoms with E-state index < -0.39 is 11.9 Å². The van der Waals surface area contributed by atoms with Gasteiger partial charge in [0, 0.05) is 19.6 Å². The summed E-state index contributed by atoms with van der Waals surface area (Å²) < 4.78 is 0. The first-order valence-electron chi connectivity index (χ1n) is 6.65. The normalized spacial score (nSPS) is 25.3. The van der Waals surface area contributed by atoms with Crippen molar-refractivity contribution in [3.8, 4) is 0 Å². The van der Waals surface area contributed by atoms with Gasteiger partial charge in [-0.25, -0.2) is 4.79 Å². The standard InChI is InChI=1S/C13H24N2O3/c1-9-4-6-11(7-5-9)15(3)13(18)14-8-10(2)12(16)17/h9-11H,4-8H2,1-3H3,(H,14,18)(H,16,17). The van der Waals surface area contributed by atoms with Gasteiger partial charge in [0.05, 0.1) is 5.92 Å². The summed E-state index contributed by atoms with van der Waals surface area (Å²) in [5.74, 6) is -0.678. The maximum Gasteiger partial charge on any atom is 0.317 e. The predicted octanol–water partition coefficient (Wildman–Crippen LogP) is 1.93. The number of carboxylic acids is 1. The molecule has 1 saturated carbocycles. The second kappa shape index (κ2) is 6.61. The van der Waals surface area contributed by atoms with Gasteiger partial charge in [0.2, 0.25) is 0 Å². The van der Waals surface area contributed by atoms with Gasteiger partial charge < -0.3 is 15.3 Å². The molecule has 0 spiro atoms. The number of carbonyl (C=O) groups is 2. The number of carbonyl (C=O) groups excluding carboxylic acids is 1. The molecule has 1 unspecified atom stereocenters. The molecule has 0 heterocycles. The van der Waals surface area contributed by atoms with Crippen molar-refractivity contribution >= 4 is 12.0 Å². The maximum absolute atomic E-state index is 11.9. The van der Waals surface area contributed by atoms with Crippen molar-refractivity contribution in [2.24, 2.45) is 11.8 Å². The zero-order valence-corrected chi connectivity index (χ0v) is 11.5. The molecule has 5 heteroatoms. The van der Waals surface area contributed by atoms with Crippen LogP contribution in [0.1, 0.15) is 39.5 Å². The summed E-state index contributed by atoms with van der Waals surface area (Å²) in [5.41, 5.74) is 0. The molecule has 5 nitrogen and oxygen atoms in total. The molecule has 1 fully saturated rings. The Morgan fingerprint density at radius 2 is 1.89 bits per heavy atom. The molecular formula is C13H24N2O3. The molecular weight excluding hydrogens is 232 g/mol. The van der Waals surface area contributed by atoms with Gasteiger partial charge >= 0.3 is 12.0 Å². The number of hydrogen-bond acceptors (Lipinski definition) is 2. The molecule has 0 bridgehead atoms. The number of hydrogen-bond donors (Lipinski definition) is 2. The Hall–Kier alpha value is -1.26. The van der Waals surface area contributed by atoms with Crippen LogP contribution < -0.4 is 5.32 Å². The van der Waals surface area contributed by atoms with Crippen LogP contribution in [0.25, 0.3) is 0 Å². The number of nitrogens with one attached hydrogen (secondary N) is 1. The van der Waals surface area contributed by atoms with E-state index in [9.17, 15) is 9.59 Å². The lowest BCUT2D eigenvalue weighted by atomic mass is 9.87. The van der Waals surface area contributed by atoms with Crippen molar-refractivity contribution < 1.29 is 14.7 Å². The quantitative estimate of drug-likeness (QED) is 0.807. The van der Waals surface area contributed by atoms with Crippen LogP contribution in [-0.2, 0) is 4.79 Å². The van der Waals surface area contributed by atoms with Crippen molar-refractivity contribution in [1.29, 1.82) is 0 Å². The Labute approximate surface area is 109 Å². The van der Waals surface area contributed by atoms with Crippen molar-refractivity contribution in [2.45, 2.75) is 45.6 Å². The Bertz CT molecular complexity index is 299. The summed E-state index contributed by atoms with van der Waals surface area (Å²) in [6, 6.07) is 0.129. The number of amides is 2. The van der Waals surface area contributed by atoms with Gasteiger partial charge in [-0.05, 0) is 31.6 Å². The summed E-state index contributed by atoms with van der Waals surface area (Å²) in [6.07, 6.45) is 4.40. The number of aliphatic carboxylic acids is 1. The van der Waals surface area contributed by atoms with Gasteiger partial charge in [-0.1, -0.05) is 13.8 Å². The van der Waals surface area contributed by atoms with Crippen LogP contribution in [0.2, 0.25) is 0 Å². The minimum absolute atomic E-state index is 0.164. The zero-order chi connectivity index (χ0) is 13.7. The third kappa shape index (κ3) is 4.20. The first-order valence-corrected chi connectivity index (χ1v) is 6.65. The summed E-state index contributed by atoms with van der Waals surface area (Å²) >= 11 is 0. The largest absolute Gasteiger partial charge is 0.481 e. The average Bonchev–Trinajstić information content (AvgIpc) is 2.35. The van der Waals surface area contributed by atoms with Gasteiger partial charge in [-0.3, -0.25) is 4.79 Å². The van der Waals surface area contributed by atoms with Crippen LogP contribution in [-0.4, -0.2) is 41.6 Å². The monoisotopic (exact) mass is 256 g/mol. The van der Waals surface area contributed by atoms with E-state index in [1.165, 1.54) is 0 Å². The summed E-state index contributed by atoms with van der Waals surface area (Å²) in [4.78, 5) is 24.2. The molecule has 104 valence electrons. The average molecular weight is 256 g/mol. The Morgan fingerprint density at radius 3 is 2.39 bits per heavy atom. The third-order valence-corrected chi connectivity index (χ3v) is 3.83. The summed E-state index contributed by atoms with van der Waals surface area (Å²) in [6.45, 7) is 4.01. The van der Waals surface area contributed by atoms with Crippen molar-refractivity contribution in [3.63, 3.8) is 0 Å². The second-order valence-electron chi connectivity index (χ2n) is 5.45. The summed E-state index contributed by atoms with van der Waals surface area (Å²) in [5, 5.41) is 11.4. The summed E-state index contributed by atoms with van der Waals surface area (Å²) in [7, 11) is 1.79. The topological polar surface area (TPSA) is 69.6 Å². The maximum atomic E-state index is 11.9. The van der Waals surface area contributed by atoms with E-state index in [1.54, 1.807) is 18.9 Å². The smallest absolute Gasteiger partial charge is 0.317 e. The van der Waals surface area contributed by atoms with Crippen molar-refractivity contribution in [3.05, 3.63) is 0 Å². The van der Waals surface area contributed by atoms with Crippen LogP contribution in [0.3, 0.4) is 0 Å². The third-order valence-electron chi connectivity index (χ3n) is 3.83. The molecule has 2 N–H and O–H groups in total. The fraction of sp³-hybridized carbons (Fsp3) is 0.846. The van der Waals surface area contributed by atoms with Gasteiger partial charge in [0.1, 0.15) is 0 Å². The van der Waals surface area contributed by atoms with Crippen LogP contribution in [0.5, 0.6) is 0 Å². The minimum atomic E-state index is -0.885. The Balaban J connectivity index is 2.35. The van der Waals surface area contributed by atoms with E-state index in [1.807, 2.05) is 0 Å². The fourth-order valence-corrected chi connectivity index (χ4v) is 2.25. The molecule has 0 aromatic carbocycles. The van der Waals surface area contributed by atoms with E-state index in [0.717, 1.165) is 31.6 Å². The fourth-order valence-electron chi connectivity index (χ4n) is 2.25. The van der Waals surface area contributed by atoms with E-state index in [-0.39, 0.29) is 12.6 Å². The molecule has 1 rings (SSSR count). The molecule has 0 aromatic rings. The van der Waals surface area contributed by atoms with Crippen LogP contribution >= 0.6 is 0 Å². The zero-order valence-electron chi connectivity index (χ0n) is 11.5. The second-order valence-corrected chi connectivity index (χ2v) is 5.45. The van der Waals surface area contributed by atoms with Gasteiger partial charge in [0.15, 0.2) is 0 Å². The van der Waals surface area contributed by atoms with E-state index >= 15 is 0 Å². The minimum Gasteiger partial charge on any atom is -0.481 e. The lowest BCUT2D eigenvalue weighted by molar-refractivity contribution is -0.140. The van der Waals surface area contributed by atoms with Crippen LogP contribution in [0.4, 0.5) is 4.79 Å².